The van der Waals surface area contributed by atoms with Crippen molar-refractivity contribution in [2.24, 2.45) is 5.92 Å². The second kappa shape index (κ2) is 8.33. The zero-order valence-electron chi connectivity index (χ0n) is 15.5. The van der Waals surface area contributed by atoms with Crippen LogP contribution < -0.4 is 14.8 Å². The van der Waals surface area contributed by atoms with Crippen LogP contribution in [-0.2, 0) is 13.1 Å². The summed E-state index contributed by atoms with van der Waals surface area (Å²) in [7, 11) is 0. The number of imidazole rings is 1. The van der Waals surface area contributed by atoms with E-state index in [0.717, 1.165) is 56.0 Å². The summed E-state index contributed by atoms with van der Waals surface area (Å²) in [6, 6.07) is 5.85. The number of piperidine rings is 1. The summed E-state index contributed by atoms with van der Waals surface area (Å²) in [4.78, 5) is 18.6. The molecule has 1 N–H and O–H groups in total. The number of nitrogens with zero attached hydrogens (tertiary/aromatic N) is 3. The van der Waals surface area contributed by atoms with Crippen LogP contribution in [0.4, 0.5) is 4.79 Å². The van der Waals surface area contributed by atoms with E-state index in [1.54, 1.807) is 6.20 Å². The molecule has 1 atom stereocenters. The Labute approximate surface area is 159 Å². The largest absolute Gasteiger partial charge is 0.490 e. The SMILES string of the molecule is O=C(NCc1ccc2c(c1)OCCCO2)N1CCCC(Cn2ccnc2)C1. The number of hydrogen-bond acceptors (Lipinski definition) is 4. The zero-order chi connectivity index (χ0) is 18.5. The van der Waals surface area contributed by atoms with Crippen molar-refractivity contribution < 1.29 is 14.3 Å². The number of amides is 2. The first-order valence-electron chi connectivity index (χ1n) is 9.65. The number of urea groups is 1. The van der Waals surface area contributed by atoms with E-state index in [0.29, 0.717) is 25.7 Å². The minimum atomic E-state index is -0.00237. The molecule has 2 amide bonds. The first kappa shape index (κ1) is 17.7. The highest BCUT2D eigenvalue weighted by Crippen LogP contribution is 2.30. The quantitative estimate of drug-likeness (QED) is 0.898. The van der Waals surface area contributed by atoms with Crippen LogP contribution in [0.5, 0.6) is 11.5 Å². The maximum absolute atomic E-state index is 12.6. The molecular formula is C20H26N4O3. The first-order valence-corrected chi connectivity index (χ1v) is 9.65. The van der Waals surface area contributed by atoms with Crippen molar-refractivity contribution in [2.75, 3.05) is 26.3 Å². The fraction of sp³-hybridized carbons (Fsp3) is 0.500. The molecule has 0 radical (unpaired) electrons. The summed E-state index contributed by atoms with van der Waals surface area (Å²) in [5, 5.41) is 3.04. The van der Waals surface area contributed by atoms with Crippen molar-refractivity contribution in [3.05, 3.63) is 42.5 Å². The number of benzene rings is 1. The van der Waals surface area contributed by atoms with Crippen LogP contribution in [0, 0.1) is 5.92 Å². The van der Waals surface area contributed by atoms with Gasteiger partial charge in [-0.1, -0.05) is 6.07 Å². The molecule has 1 fully saturated rings. The lowest BCUT2D eigenvalue weighted by Crippen LogP contribution is -2.46. The van der Waals surface area contributed by atoms with Crippen LogP contribution in [-0.4, -0.2) is 46.8 Å². The summed E-state index contributed by atoms with van der Waals surface area (Å²) < 4.78 is 13.5. The number of fused-ring (bicyclic) bond motifs is 1. The summed E-state index contributed by atoms with van der Waals surface area (Å²) in [6.45, 7) is 4.33. The van der Waals surface area contributed by atoms with Gasteiger partial charge in [-0.05, 0) is 36.5 Å². The van der Waals surface area contributed by atoms with E-state index in [4.69, 9.17) is 9.47 Å². The number of aromatic nitrogens is 2. The Balaban J connectivity index is 1.30. The average Bonchev–Trinajstić information content (AvgIpc) is 3.09. The second-order valence-electron chi connectivity index (χ2n) is 7.20. The van der Waals surface area contributed by atoms with E-state index in [-0.39, 0.29) is 6.03 Å². The topological polar surface area (TPSA) is 68.6 Å². The molecule has 1 unspecified atom stereocenters. The van der Waals surface area contributed by atoms with Crippen LogP contribution >= 0.6 is 0 Å². The number of rotatable bonds is 4. The molecule has 3 heterocycles. The molecule has 1 aromatic carbocycles. The molecule has 0 saturated carbocycles. The smallest absolute Gasteiger partial charge is 0.317 e. The lowest BCUT2D eigenvalue weighted by atomic mass is 9.98. The molecule has 7 heteroatoms. The van der Waals surface area contributed by atoms with E-state index >= 15 is 0 Å². The fourth-order valence-electron chi connectivity index (χ4n) is 3.70. The molecular weight excluding hydrogens is 344 g/mol. The van der Waals surface area contributed by atoms with Gasteiger partial charge in [-0.2, -0.15) is 0 Å². The molecule has 2 aliphatic rings. The number of ether oxygens (including phenoxy) is 2. The van der Waals surface area contributed by atoms with Gasteiger partial charge in [0, 0.05) is 45.0 Å². The van der Waals surface area contributed by atoms with Crippen molar-refractivity contribution in [3.63, 3.8) is 0 Å². The number of nitrogens with one attached hydrogen (secondary N) is 1. The van der Waals surface area contributed by atoms with Gasteiger partial charge in [0.05, 0.1) is 19.5 Å². The molecule has 1 aromatic heterocycles. The fourth-order valence-corrected chi connectivity index (χ4v) is 3.70. The van der Waals surface area contributed by atoms with E-state index in [9.17, 15) is 4.79 Å². The molecule has 0 spiro atoms. The van der Waals surface area contributed by atoms with Gasteiger partial charge in [0.15, 0.2) is 11.5 Å². The molecule has 0 bridgehead atoms. The van der Waals surface area contributed by atoms with E-state index in [2.05, 4.69) is 14.9 Å². The average molecular weight is 370 g/mol. The van der Waals surface area contributed by atoms with Gasteiger partial charge in [-0.15, -0.1) is 0 Å². The van der Waals surface area contributed by atoms with Crippen LogP contribution in [0.2, 0.25) is 0 Å². The van der Waals surface area contributed by atoms with E-state index in [1.807, 2.05) is 35.6 Å². The van der Waals surface area contributed by atoms with Crippen molar-refractivity contribution in [2.45, 2.75) is 32.4 Å². The van der Waals surface area contributed by atoms with Crippen molar-refractivity contribution in [1.82, 2.24) is 19.8 Å². The van der Waals surface area contributed by atoms with Crippen molar-refractivity contribution in [3.8, 4) is 11.5 Å². The Morgan fingerprint density at radius 3 is 2.96 bits per heavy atom. The van der Waals surface area contributed by atoms with Crippen molar-refractivity contribution in [1.29, 1.82) is 0 Å². The maximum atomic E-state index is 12.6. The predicted octanol–water partition coefficient (Wildman–Crippen LogP) is 2.67. The molecule has 27 heavy (non-hydrogen) atoms. The highest BCUT2D eigenvalue weighted by molar-refractivity contribution is 5.74. The monoisotopic (exact) mass is 370 g/mol. The Kier molecular flexibility index (Phi) is 5.46. The molecule has 2 aromatic rings. The Hall–Kier alpha value is -2.70. The van der Waals surface area contributed by atoms with Gasteiger partial charge in [-0.3, -0.25) is 0 Å². The molecule has 7 nitrogen and oxygen atoms in total. The Morgan fingerprint density at radius 1 is 1.22 bits per heavy atom. The van der Waals surface area contributed by atoms with Gasteiger partial charge in [0.2, 0.25) is 0 Å². The summed E-state index contributed by atoms with van der Waals surface area (Å²) in [6.07, 6.45) is 8.67. The number of carbonyl (C=O) groups excluding carboxylic acids is 1. The highest BCUT2D eigenvalue weighted by atomic mass is 16.5. The van der Waals surface area contributed by atoms with Gasteiger partial charge in [0.1, 0.15) is 0 Å². The minimum Gasteiger partial charge on any atom is -0.490 e. The maximum Gasteiger partial charge on any atom is 0.317 e. The van der Waals surface area contributed by atoms with Crippen LogP contribution in [0.1, 0.15) is 24.8 Å². The summed E-state index contributed by atoms with van der Waals surface area (Å²) in [5.74, 6) is 2.01. The highest BCUT2D eigenvalue weighted by Gasteiger charge is 2.23. The number of likely N-dealkylation sites (tertiary alicyclic amines) is 1. The number of carbonyl (C=O) groups is 1. The molecule has 4 rings (SSSR count). The standard InChI is InChI=1S/C20H26N4O3/c25-20(24-7-1-3-17(14-24)13-23-8-6-21-15-23)22-12-16-4-5-18-19(11-16)27-10-2-9-26-18/h4-6,8,11,15,17H,1-3,7,9-10,12-14H2,(H,22,25). The van der Waals surface area contributed by atoms with E-state index in [1.165, 1.54) is 0 Å². The zero-order valence-corrected chi connectivity index (χ0v) is 15.5. The third-order valence-corrected chi connectivity index (χ3v) is 5.09. The van der Waals surface area contributed by atoms with Crippen LogP contribution in [0.25, 0.3) is 0 Å². The van der Waals surface area contributed by atoms with Crippen LogP contribution in [0.15, 0.2) is 36.9 Å². The molecule has 1 saturated heterocycles. The lowest BCUT2D eigenvalue weighted by Gasteiger charge is -2.33. The number of hydrogen-bond donors (Lipinski definition) is 1. The van der Waals surface area contributed by atoms with Crippen molar-refractivity contribution >= 4 is 6.03 Å². The van der Waals surface area contributed by atoms with Gasteiger partial charge < -0.3 is 24.3 Å². The minimum absolute atomic E-state index is 0.00237. The van der Waals surface area contributed by atoms with Gasteiger partial charge >= 0.3 is 6.03 Å². The normalized spacial score (nSPS) is 19.4. The third-order valence-electron chi connectivity index (χ3n) is 5.09. The Morgan fingerprint density at radius 2 is 2.11 bits per heavy atom. The summed E-state index contributed by atoms with van der Waals surface area (Å²) in [5.41, 5.74) is 1.01. The molecule has 0 aliphatic carbocycles. The molecule has 2 aliphatic heterocycles. The lowest BCUT2D eigenvalue weighted by molar-refractivity contribution is 0.159. The van der Waals surface area contributed by atoms with Crippen LogP contribution in [0.3, 0.4) is 0 Å². The van der Waals surface area contributed by atoms with Gasteiger partial charge in [0.25, 0.3) is 0 Å². The first-order chi connectivity index (χ1) is 13.3. The Bertz CT molecular complexity index is 763. The predicted molar refractivity (Wildman–Crippen MR) is 101 cm³/mol. The van der Waals surface area contributed by atoms with E-state index < -0.39 is 0 Å². The van der Waals surface area contributed by atoms with Gasteiger partial charge in [-0.25, -0.2) is 9.78 Å². The summed E-state index contributed by atoms with van der Waals surface area (Å²) >= 11 is 0. The third kappa shape index (κ3) is 4.53. The molecule has 144 valence electrons. The second-order valence-corrected chi connectivity index (χ2v) is 7.20.